The molecular formula is C28H29NO7. The van der Waals surface area contributed by atoms with Gasteiger partial charge in [0.15, 0.2) is 0 Å². The van der Waals surface area contributed by atoms with Crippen molar-refractivity contribution < 1.29 is 34.1 Å². The Kier molecular flexibility index (Phi) is 7.43. The Labute approximate surface area is 209 Å². The number of carboxylic acid groups (broad SMARTS) is 2. The number of aromatic carboxylic acids is 1. The number of amides is 1. The predicted octanol–water partition coefficient (Wildman–Crippen LogP) is 6.17. The topological polar surface area (TPSA) is 113 Å². The number of fused-ring (bicyclic) bond motifs is 1. The smallest absolute Gasteiger partial charge is 0.478 e. The van der Waals surface area contributed by atoms with Crippen molar-refractivity contribution in [3.8, 4) is 11.1 Å². The summed E-state index contributed by atoms with van der Waals surface area (Å²) < 4.78 is 10.5. The van der Waals surface area contributed by atoms with Crippen LogP contribution in [0.15, 0.2) is 60.7 Å². The van der Waals surface area contributed by atoms with Crippen LogP contribution >= 0.6 is 0 Å². The summed E-state index contributed by atoms with van der Waals surface area (Å²) in [5.41, 5.74) is 1.61. The summed E-state index contributed by atoms with van der Waals surface area (Å²) in [4.78, 5) is 37.2. The third kappa shape index (κ3) is 5.59. The van der Waals surface area contributed by atoms with Crippen LogP contribution in [0.1, 0.15) is 48.5 Å². The molecule has 188 valence electrons. The lowest BCUT2D eigenvalue weighted by Gasteiger charge is -2.33. The molecule has 1 saturated carbocycles. The van der Waals surface area contributed by atoms with E-state index in [9.17, 15) is 24.6 Å². The van der Waals surface area contributed by atoms with Crippen molar-refractivity contribution in [1.82, 2.24) is 4.90 Å². The number of ether oxygens (including phenoxy) is 2. The summed E-state index contributed by atoms with van der Waals surface area (Å²) in [5, 5.41) is 20.7. The highest BCUT2D eigenvalue weighted by molar-refractivity contribution is 5.98. The van der Waals surface area contributed by atoms with Gasteiger partial charge in [-0.05, 0) is 78.3 Å². The Hall–Kier alpha value is -4.07. The van der Waals surface area contributed by atoms with E-state index in [0.717, 1.165) is 34.7 Å². The molecule has 8 nitrogen and oxygen atoms in total. The molecule has 2 N–H and O–H groups in total. The molecule has 0 spiro atoms. The minimum atomic E-state index is -1.34. The van der Waals surface area contributed by atoms with E-state index in [1.165, 1.54) is 4.90 Å². The fourth-order valence-corrected chi connectivity index (χ4v) is 4.95. The average Bonchev–Trinajstić information content (AvgIpc) is 3.30. The number of hydrogen-bond donors (Lipinski definition) is 2. The van der Waals surface area contributed by atoms with E-state index in [1.807, 2.05) is 42.5 Å². The number of carbonyl (C=O) groups is 3. The van der Waals surface area contributed by atoms with Crippen LogP contribution in [-0.2, 0) is 16.0 Å². The predicted molar refractivity (Wildman–Crippen MR) is 134 cm³/mol. The van der Waals surface area contributed by atoms with Crippen molar-refractivity contribution in [3.63, 3.8) is 0 Å². The average molecular weight is 492 g/mol. The maximum absolute atomic E-state index is 12.8. The monoisotopic (exact) mass is 491 g/mol. The molecule has 8 heteroatoms. The second-order valence-corrected chi connectivity index (χ2v) is 9.06. The number of hydrogen-bond acceptors (Lipinski definition) is 5. The molecule has 0 bridgehead atoms. The van der Waals surface area contributed by atoms with E-state index >= 15 is 0 Å². The first-order chi connectivity index (χ1) is 17.3. The van der Waals surface area contributed by atoms with E-state index in [2.05, 4.69) is 0 Å². The molecule has 4 rings (SSSR count). The number of carboxylic acids is 1. The van der Waals surface area contributed by atoms with Gasteiger partial charge in [-0.2, -0.15) is 0 Å². The van der Waals surface area contributed by atoms with Crippen LogP contribution in [0, 0.1) is 0 Å². The van der Waals surface area contributed by atoms with Crippen LogP contribution in [0.3, 0.4) is 0 Å². The Morgan fingerprint density at radius 1 is 0.944 bits per heavy atom. The summed E-state index contributed by atoms with van der Waals surface area (Å²) in [6.45, 7) is 2.30. The third-order valence-electron chi connectivity index (χ3n) is 6.57. The van der Waals surface area contributed by atoms with Gasteiger partial charge < -0.3 is 19.7 Å². The van der Waals surface area contributed by atoms with Gasteiger partial charge >= 0.3 is 18.2 Å². The molecule has 0 radical (unpaired) electrons. The molecule has 36 heavy (non-hydrogen) atoms. The van der Waals surface area contributed by atoms with E-state index < -0.39 is 23.8 Å². The molecule has 1 aliphatic rings. The van der Waals surface area contributed by atoms with Crippen molar-refractivity contribution in [1.29, 1.82) is 0 Å². The fourth-order valence-electron chi connectivity index (χ4n) is 4.95. The highest BCUT2D eigenvalue weighted by atomic mass is 16.7. The Morgan fingerprint density at radius 3 is 2.33 bits per heavy atom. The van der Waals surface area contributed by atoms with Gasteiger partial charge in [0.1, 0.15) is 5.60 Å². The Bertz CT molecular complexity index is 1280. The van der Waals surface area contributed by atoms with E-state index in [4.69, 9.17) is 9.47 Å². The highest BCUT2D eigenvalue weighted by Crippen LogP contribution is 2.35. The lowest BCUT2D eigenvalue weighted by atomic mass is 9.96. The lowest BCUT2D eigenvalue weighted by molar-refractivity contribution is -0.0357. The Morgan fingerprint density at radius 2 is 1.64 bits per heavy atom. The molecule has 3 aromatic carbocycles. The van der Waals surface area contributed by atoms with Gasteiger partial charge in [0, 0.05) is 6.54 Å². The zero-order valence-electron chi connectivity index (χ0n) is 20.1. The van der Waals surface area contributed by atoms with Gasteiger partial charge in [0.25, 0.3) is 0 Å². The van der Waals surface area contributed by atoms with Crippen molar-refractivity contribution in [2.45, 2.75) is 44.8 Å². The summed E-state index contributed by atoms with van der Waals surface area (Å²) in [5.74, 6) is -0.980. The summed E-state index contributed by atoms with van der Waals surface area (Å²) in [6.07, 6.45) is 0.951. The highest BCUT2D eigenvalue weighted by Gasteiger charge is 2.41. The first-order valence-corrected chi connectivity index (χ1v) is 12.0. The van der Waals surface area contributed by atoms with E-state index in [-0.39, 0.29) is 25.3 Å². The van der Waals surface area contributed by atoms with Gasteiger partial charge in [-0.25, -0.2) is 14.4 Å². The quantitative estimate of drug-likeness (QED) is 0.362. The fraction of sp³-hybridized carbons (Fsp3) is 0.321. The molecular weight excluding hydrogens is 462 g/mol. The molecule has 1 fully saturated rings. The lowest BCUT2D eigenvalue weighted by Crippen LogP contribution is -2.46. The molecule has 0 aromatic heterocycles. The number of nitrogens with zero attached hydrogens (tertiary/aromatic N) is 1. The molecule has 0 saturated heterocycles. The second-order valence-electron chi connectivity index (χ2n) is 9.06. The van der Waals surface area contributed by atoms with Crippen LogP contribution in [0.4, 0.5) is 9.59 Å². The molecule has 0 heterocycles. The van der Waals surface area contributed by atoms with Crippen LogP contribution in [0.2, 0.25) is 0 Å². The molecule has 0 atom stereocenters. The van der Waals surface area contributed by atoms with Crippen LogP contribution < -0.4 is 0 Å². The first-order valence-electron chi connectivity index (χ1n) is 12.0. The minimum absolute atomic E-state index is 0.126. The van der Waals surface area contributed by atoms with Crippen molar-refractivity contribution in [2.24, 2.45) is 0 Å². The largest absolute Gasteiger partial charge is 0.506 e. The second kappa shape index (κ2) is 10.7. The van der Waals surface area contributed by atoms with E-state index in [0.29, 0.717) is 18.4 Å². The Balaban J connectivity index is 1.61. The summed E-state index contributed by atoms with van der Waals surface area (Å²) in [7, 11) is 0. The van der Waals surface area contributed by atoms with Gasteiger partial charge in [0.2, 0.25) is 0 Å². The van der Waals surface area contributed by atoms with Crippen molar-refractivity contribution in [2.75, 3.05) is 13.2 Å². The summed E-state index contributed by atoms with van der Waals surface area (Å²) >= 11 is 0. The first kappa shape index (κ1) is 25.0. The molecule has 3 aromatic rings. The number of rotatable bonds is 8. The van der Waals surface area contributed by atoms with Crippen molar-refractivity contribution in [3.05, 3.63) is 71.8 Å². The zero-order chi connectivity index (χ0) is 25.7. The number of benzene rings is 3. The normalized spacial score (nSPS) is 14.4. The molecule has 0 aliphatic heterocycles. The van der Waals surface area contributed by atoms with Gasteiger partial charge in [-0.1, -0.05) is 42.5 Å². The van der Waals surface area contributed by atoms with Crippen molar-refractivity contribution >= 4 is 29.0 Å². The molecule has 0 unspecified atom stereocenters. The summed E-state index contributed by atoms with van der Waals surface area (Å²) in [6, 6.07) is 18.4. The van der Waals surface area contributed by atoms with Crippen LogP contribution in [0.5, 0.6) is 0 Å². The third-order valence-corrected chi connectivity index (χ3v) is 6.57. The van der Waals surface area contributed by atoms with Crippen LogP contribution in [-0.4, -0.2) is 52.1 Å². The van der Waals surface area contributed by atoms with Gasteiger partial charge in [-0.3, -0.25) is 4.90 Å². The minimum Gasteiger partial charge on any atom is -0.478 e. The molecule has 1 aliphatic carbocycles. The maximum Gasteiger partial charge on any atom is 0.506 e. The zero-order valence-corrected chi connectivity index (χ0v) is 20.1. The van der Waals surface area contributed by atoms with Crippen LogP contribution in [0.25, 0.3) is 21.9 Å². The molecule has 1 amide bonds. The van der Waals surface area contributed by atoms with Gasteiger partial charge in [0.05, 0.1) is 18.7 Å². The van der Waals surface area contributed by atoms with E-state index in [1.54, 1.807) is 25.1 Å². The maximum atomic E-state index is 12.8. The SMILES string of the molecule is CCOC(=O)N(Cc1ccc2cc(-c3ccccc3C(=O)O)ccc2c1)CC1(OC(=O)O)CCCC1. The standard InChI is InChI=1S/C28H29NO7/c1-2-35-26(32)29(18-28(36-27(33)34)13-5-6-14-28)17-19-9-10-21-16-22(12-11-20(21)15-19)23-7-3-4-8-24(23)25(30)31/h3-4,7-12,15-16H,2,5-6,13-14,17-18H2,1H3,(H,30,31)(H,33,34). The van der Waals surface area contributed by atoms with Gasteiger partial charge in [-0.15, -0.1) is 0 Å². The number of carbonyl (C=O) groups excluding carboxylic acids is 1.